The number of amidine groups is 1. The van der Waals surface area contributed by atoms with E-state index >= 15 is 0 Å². The summed E-state index contributed by atoms with van der Waals surface area (Å²) in [6.07, 6.45) is 7.31. The summed E-state index contributed by atoms with van der Waals surface area (Å²) in [6, 6.07) is 2.73. The second kappa shape index (κ2) is 6.88. The first kappa shape index (κ1) is 15.0. The molecule has 0 saturated heterocycles. The lowest BCUT2D eigenvalue weighted by atomic mass is 10.1. The summed E-state index contributed by atoms with van der Waals surface area (Å²) >= 11 is 0. The van der Waals surface area contributed by atoms with Crippen LogP contribution in [0.25, 0.3) is 0 Å². The summed E-state index contributed by atoms with van der Waals surface area (Å²) in [7, 11) is 0. The molecule has 112 valence electrons. The van der Waals surface area contributed by atoms with Crippen molar-refractivity contribution in [1.29, 1.82) is 5.41 Å². The minimum atomic E-state index is 0.104. The summed E-state index contributed by atoms with van der Waals surface area (Å²) in [5.41, 5.74) is 6.68. The Morgan fingerprint density at radius 2 is 2.25 bits per heavy atom. The van der Waals surface area contributed by atoms with Gasteiger partial charge in [-0.3, -0.25) is 15.0 Å². The number of hydrogen-bond acceptors (Lipinski definition) is 3. The van der Waals surface area contributed by atoms with E-state index in [2.05, 4.69) is 28.8 Å². The van der Waals surface area contributed by atoms with Crippen LogP contribution in [-0.2, 0) is 6.54 Å². The van der Waals surface area contributed by atoms with E-state index in [0.29, 0.717) is 6.04 Å². The van der Waals surface area contributed by atoms with E-state index in [1.165, 1.54) is 25.7 Å². The van der Waals surface area contributed by atoms with Crippen molar-refractivity contribution in [2.24, 2.45) is 11.7 Å². The number of nitrogens with zero attached hydrogens (tertiary/aromatic N) is 3. The van der Waals surface area contributed by atoms with Crippen LogP contribution in [0, 0.1) is 11.3 Å². The molecular formula is C15H27N5. The van der Waals surface area contributed by atoms with Gasteiger partial charge in [0.2, 0.25) is 0 Å². The number of hydrogen-bond donors (Lipinski definition) is 2. The average molecular weight is 277 g/mol. The van der Waals surface area contributed by atoms with Crippen LogP contribution < -0.4 is 5.73 Å². The SMILES string of the molecule is CCN(Cc1ccn(C2CCCC2)n1)CC(C)C(=N)N. The average Bonchev–Trinajstić information content (AvgIpc) is 3.08. The highest BCUT2D eigenvalue weighted by molar-refractivity contribution is 5.79. The molecule has 1 aliphatic rings. The van der Waals surface area contributed by atoms with Crippen LogP contribution in [0.3, 0.4) is 0 Å². The van der Waals surface area contributed by atoms with E-state index in [0.717, 1.165) is 25.3 Å². The minimum Gasteiger partial charge on any atom is -0.387 e. The molecule has 3 N–H and O–H groups in total. The van der Waals surface area contributed by atoms with Gasteiger partial charge in [0.25, 0.3) is 0 Å². The van der Waals surface area contributed by atoms with Gasteiger partial charge in [-0.2, -0.15) is 5.10 Å². The van der Waals surface area contributed by atoms with Gasteiger partial charge in [-0.25, -0.2) is 0 Å². The molecular weight excluding hydrogens is 250 g/mol. The van der Waals surface area contributed by atoms with E-state index in [9.17, 15) is 0 Å². The minimum absolute atomic E-state index is 0.104. The fraction of sp³-hybridized carbons (Fsp3) is 0.733. The monoisotopic (exact) mass is 277 g/mol. The normalized spacial score (nSPS) is 17.8. The summed E-state index contributed by atoms with van der Waals surface area (Å²) in [4.78, 5) is 2.30. The largest absolute Gasteiger partial charge is 0.387 e. The molecule has 1 unspecified atom stereocenters. The molecule has 5 heteroatoms. The zero-order valence-electron chi connectivity index (χ0n) is 12.7. The van der Waals surface area contributed by atoms with E-state index in [4.69, 9.17) is 16.2 Å². The van der Waals surface area contributed by atoms with Gasteiger partial charge >= 0.3 is 0 Å². The molecule has 1 aromatic heterocycles. The third kappa shape index (κ3) is 3.82. The van der Waals surface area contributed by atoms with Gasteiger partial charge in [-0.15, -0.1) is 0 Å². The first-order valence-electron chi connectivity index (χ1n) is 7.70. The molecule has 0 aliphatic heterocycles. The summed E-state index contributed by atoms with van der Waals surface area (Å²) in [5, 5.41) is 12.2. The molecule has 0 spiro atoms. The van der Waals surface area contributed by atoms with Crippen molar-refractivity contribution in [3.05, 3.63) is 18.0 Å². The van der Waals surface area contributed by atoms with E-state index in [1.54, 1.807) is 0 Å². The highest BCUT2D eigenvalue weighted by Gasteiger charge is 2.18. The Kier molecular flexibility index (Phi) is 5.17. The van der Waals surface area contributed by atoms with E-state index < -0.39 is 0 Å². The van der Waals surface area contributed by atoms with Crippen LogP contribution in [0.4, 0.5) is 0 Å². The maximum atomic E-state index is 7.50. The van der Waals surface area contributed by atoms with Gasteiger partial charge in [0, 0.05) is 25.2 Å². The van der Waals surface area contributed by atoms with Crippen LogP contribution in [-0.4, -0.2) is 33.6 Å². The zero-order chi connectivity index (χ0) is 14.5. The molecule has 1 fully saturated rings. The molecule has 1 aliphatic carbocycles. The maximum absolute atomic E-state index is 7.50. The van der Waals surface area contributed by atoms with Gasteiger partial charge < -0.3 is 5.73 Å². The fourth-order valence-corrected chi connectivity index (χ4v) is 2.85. The summed E-state index contributed by atoms with van der Waals surface area (Å²) in [6.45, 7) is 6.76. The molecule has 1 heterocycles. The molecule has 0 aromatic carbocycles. The lowest BCUT2D eigenvalue weighted by Crippen LogP contribution is -2.34. The first-order valence-corrected chi connectivity index (χ1v) is 7.70. The molecule has 0 radical (unpaired) electrons. The Labute approximate surface area is 121 Å². The van der Waals surface area contributed by atoms with Gasteiger partial charge in [0.1, 0.15) is 0 Å². The molecule has 1 aromatic rings. The highest BCUT2D eigenvalue weighted by atomic mass is 15.3. The molecule has 2 rings (SSSR count). The summed E-state index contributed by atoms with van der Waals surface area (Å²) < 4.78 is 2.14. The summed E-state index contributed by atoms with van der Waals surface area (Å²) in [5.74, 6) is 0.367. The van der Waals surface area contributed by atoms with Gasteiger partial charge in [0.15, 0.2) is 0 Å². The van der Waals surface area contributed by atoms with Crippen molar-refractivity contribution in [3.63, 3.8) is 0 Å². The zero-order valence-corrected chi connectivity index (χ0v) is 12.7. The van der Waals surface area contributed by atoms with Crippen molar-refractivity contribution >= 4 is 5.84 Å². The molecule has 20 heavy (non-hydrogen) atoms. The smallest absolute Gasteiger partial charge is 0.0947 e. The fourth-order valence-electron chi connectivity index (χ4n) is 2.85. The molecule has 5 nitrogen and oxygen atoms in total. The third-order valence-electron chi connectivity index (χ3n) is 4.26. The van der Waals surface area contributed by atoms with Gasteiger partial charge in [-0.1, -0.05) is 26.7 Å². The predicted octanol–water partition coefficient (Wildman–Crippen LogP) is 2.39. The van der Waals surface area contributed by atoms with Crippen molar-refractivity contribution in [2.45, 2.75) is 52.1 Å². The number of nitrogens with one attached hydrogen (secondary N) is 1. The number of nitrogens with two attached hydrogens (primary N) is 1. The lowest BCUT2D eigenvalue weighted by Gasteiger charge is -2.22. The lowest BCUT2D eigenvalue weighted by molar-refractivity contribution is 0.258. The Hall–Kier alpha value is -1.36. The Balaban J connectivity index is 1.92. The van der Waals surface area contributed by atoms with Gasteiger partial charge in [0.05, 0.1) is 17.6 Å². The van der Waals surface area contributed by atoms with Crippen molar-refractivity contribution in [3.8, 4) is 0 Å². The van der Waals surface area contributed by atoms with Crippen molar-refractivity contribution < 1.29 is 0 Å². The first-order chi connectivity index (χ1) is 9.60. The molecule has 0 bridgehead atoms. The highest BCUT2D eigenvalue weighted by Crippen LogP contribution is 2.28. The van der Waals surface area contributed by atoms with Crippen LogP contribution in [0.5, 0.6) is 0 Å². The third-order valence-corrected chi connectivity index (χ3v) is 4.26. The van der Waals surface area contributed by atoms with E-state index in [-0.39, 0.29) is 11.8 Å². The van der Waals surface area contributed by atoms with Crippen LogP contribution in [0.15, 0.2) is 12.3 Å². The van der Waals surface area contributed by atoms with E-state index in [1.807, 2.05) is 6.92 Å². The Morgan fingerprint density at radius 3 is 2.85 bits per heavy atom. The Bertz CT molecular complexity index is 433. The van der Waals surface area contributed by atoms with Gasteiger partial charge in [-0.05, 0) is 25.5 Å². The molecule has 1 atom stereocenters. The number of rotatable bonds is 7. The molecule has 0 amide bonds. The van der Waals surface area contributed by atoms with Crippen LogP contribution in [0.1, 0.15) is 51.3 Å². The van der Waals surface area contributed by atoms with Crippen molar-refractivity contribution in [1.82, 2.24) is 14.7 Å². The second-order valence-corrected chi connectivity index (χ2v) is 5.91. The maximum Gasteiger partial charge on any atom is 0.0947 e. The quantitative estimate of drug-likeness (QED) is 0.594. The topological polar surface area (TPSA) is 70.9 Å². The Morgan fingerprint density at radius 1 is 1.55 bits per heavy atom. The number of aromatic nitrogens is 2. The van der Waals surface area contributed by atoms with Crippen molar-refractivity contribution in [2.75, 3.05) is 13.1 Å². The standard InChI is InChI=1S/C15H27N5/c1-3-19(10-12(2)15(16)17)11-13-8-9-20(18-13)14-6-4-5-7-14/h8-9,12,14H,3-7,10-11H2,1-2H3,(H3,16,17). The van der Waals surface area contributed by atoms with Crippen LogP contribution >= 0.6 is 0 Å². The second-order valence-electron chi connectivity index (χ2n) is 5.91. The van der Waals surface area contributed by atoms with Crippen LogP contribution in [0.2, 0.25) is 0 Å². The predicted molar refractivity (Wildman–Crippen MR) is 81.8 cm³/mol. The molecule has 1 saturated carbocycles.